The standard InChI is InChI=1S/C9H13.Zr/c1-3-8-6-5-7-9(8)4-2;/h6H,3-5H2,1-2H3;/q-1;. The summed E-state index contributed by atoms with van der Waals surface area (Å²) in [6, 6.07) is 0. The summed E-state index contributed by atoms with van der Waals surface area (Å²) in [5.41, 5.74) is 2.95. The summed E-state index contributed by atoms with van der Waals surface area (Å²) in [4.78, 5) is 0. The van der Waals surface area contributed by atoms with E-state index in [-0.39, 0.29) is 26.2 Å². The van der Waals surface area contributed by atoms with Gasteiger partial charge in [-0.25, -0.2) is 5.57 Å². The second-order valence-electron chi connectivity index (χ2n) is 2.30. The molecule has 1 aliphatic carbocycles. The monoisotopic (exact) mass is 211 g/mol. The Morgan fingerprint density at radius 1 is 1.40 bits per heavy atom. The van der Waals surface area contributed by atoms with Crippen LogP contribution in [0.25, 0.3) is 0 Å². The van der Waals surface area contributed by atoms with Crippen LogP contribution in [-0.4, -0.2) is 0 Å². The van der Waals surface area contributed by atoms with Gasteiger partial charge in [0.25, 0.3) is 0 Å². The molecule has 0 fully saturated rings. The van der Waals surface area contributed by atoms with E-state index in [1.807, 2.05) is 0 Å². The molecule has 1 heteroatoms. The fourth-order valence-corrected chi connectivity index (χ4v) is 1.24. The van der Waals surface area contributed by atoms with Crippen molar-refractivity contribution in [1.29, 1.82) is 0 Å². The Labute approximate surface area is 82.5 Å². The molecular formula is C9H13Zr-. The molecule has 0 aromatic carbocycles. The predicted octanol–water partition coefficient (Wildman–Crippen LogP) is 2.86. The van der Waals surface area contributed by atoms with E-state index in [1.165, 1.54) is 17.6 Å². The number of rotatable bonds is 2. The number of hydrogen-bond donors (Lipinski definition) is 0. The maximum absolute atomic E-state index is 3.33. The average Bonchev–Trinajstić information content (AvgIpc) is 2.33. The SMILES string of the molecule is CCC1=[C-]CC=C1CC.[Zr]. The first-order valence-corrected chi connectivity index (χ1v) is 3.67. The summed E-state index contributed by atoms with van der Waals surface area (Å²) < 4.78 is 0. The molecular weight excluding hydrogens is 199 g/mol. The minimum atomic E-state index is 0. The van der Waals surface area contributed by atoms with Crippen molar-refractivity contribution >= 4 is 0 Å². The van der Waals surface area contributed by atoms with Gasteiger partial charge in [0, 0.05) is 26.2 Å². The molecule has 0 N–H and O–H groups in total. The van der Waals surface area contributed by atoms with E-state index in [9.17, 15) is 0 Å². The van der Waals surface area contributed by atoms with Crippen LogP contribution in [0, 0.1) is 6.08 Å². The quantitative estimate of drug-likeness (QED) is 0.618. The summed E-state index contributed by atoms with van der Waals surface area (Å²) in [6.45, 7) is 4.39. The maximum Gasteiger partial charge on any atom is 0 e. The maximum atomic E-state index is 3.33. The van der Waals surface area contributed by atoms with Gasteiger partial charge in [-0.05, 0) is 0 Å². The van der Waals surface area contributed by atoms with Crippen molar-refractivity contribution in [3.8, 4) is 0 Å². The molecule has 0 aromatic rings. The number of allylic oxidation sites excluding steroid dienone is 4. The van der Waals surface area contributed by atoms with Crippen LogP contribution in [0.1, 0.15) is 33.1 Å². The van der Waals surface area contributed by atoms with E-state index in [0.717, 1.165) is 12.8 Å². The largest absolute Gasteiger partial charge is 0.269 e. The van der Waals surface area contributed by atoms with E-state index < -0.39 is 0 Å². The smallest absolute Gasteiger partial charge is 0 e. The zero-order valence-electron chi connectivity index (χ0n) is 6.70. The predicted molar refractivity (Wildman–Crippen MR) is 40.0 cm³/mol. The van der Waals surface area contributed by atoms with E-state index in [4.69, 9.17) is 0 Å². The van der Waals surface area contributed by atoms with Gasteiger partial charge < -0.3 is 0 Å². The molecule has 0 aliphatic heterocycles. The van der Waals surface area contributed by atoms with E-state index in [0.29, 0.717) is 0 Å². The van der Waals surface area contributed by atoms with Crippen molar-refractivity contribution in [3.05, 3.63) is 23.3 Å². The van der Waals surface area contributed by atoms with Crippen LogP contribution in [0.2, 0.25) is 0 Å². The van der Waals surface area contributed by atoms with Crippen molar-refractivity contribution in [1.82, 2.24) is 0 Å². The molecule has 0 nitrogen and oxygen atoms in total. The van der Waals surface area contributed by atoms with Crippen molar-refractivity contribution < 1.29 is 26.2 Å². The number of hydrogen-bond acceptors (Lipinski definition) is 0. The molecule has 0 saturated carbocycles. The fraction of sp³-hybridized carbons (Fsp3) is 0.556. The van der Waals surface area contributed by atoms with Crippen LogP contribution in [0.5, 0.6) is 0 Å². The van der Waals surface area contributed by atoms with Crippen LogP contribution in [0.15, 0.2) is 17.2 Å². The molecule has 0 heterocycles. The zero-order valence-corrected chi connectivity index (χ0v) is 9.16. The Balaban J connectivity index is 0.000000810. The molecule has 0 radical (unpaired) electrons. The molecule has 0 saturated heterocycles. The van der Waals surface area contributed by atoms with Gasteiger partial charge in [-0.15, -0.1) is 6.42 Å². The van der Waals surface area contributed by atoms with Crippen molar-refractivity contribution in [2.45, 2.75) is 33.1 Å². The van der Waals surface area contributed by atoms with Crippen LogP contribution in [0.4, 0.5) is 0 Å². The Hall–Kier alpha value is 0.363. The summed E-state index contributed by atoms with van der Waals surface area (Å²) >= 11 is 0. The van der Waals surface area contributed by atoms with Crippen LogP contribution in [-0.2, 0) is 26.2 Å². The van der Waals surface area contributed by atoms with Gasteiger partial charge in [0.2, 0.25) is 0 Å². The molecule has 0 amide bonds. The second kappa shape index (κ2) is 5.07. The first kappa shape index (κ1) is 10.4. The topological polar surface area (TPSA) is 0 Å². The average molecular weight is 212 g/mol. The van der Waals surface area contributed by atoms with E-state index in [2.05, 4.69) is 26.0 Å². The third-order valence-corrected chi connectivity index (χ3v) is 1.79. The van der Waals surface area contributed by atoms with Crippen LogP contribution in [0.3, 0.4) is 0 Å². The first-order chi connectivity index (χ1) is 4.38. The Morgan fingerprint density at radius 3 is 2.50 bits per heavy atom. The minimum Gasteiger partial charge on any atom is -0.269 e. The van der Waals surface area contributed by atoms with E-state index >= 15 is 0 Å². The van der Waals surface area contributed by atoms with Gasteiger partial charge in [-0.3, -0.25) is 6.08 Å². The summed E-state index contributed by atoms with van der Waals surface area (Å²) in [6.07, 6.45) is 8.99. The zero-order chi connectivity index (χ0) is 6.69. The third-order valence-electron chi connectivity index (χ3n) is 1.79. The molecule has 10 heavy (non-hydrogen) atoms. The van der Waals surface area contributed by atoms with Crippen molar-refractivity contribution in [2.75, 3.05) is 0 Å². The molecule has 0 bridgehead atoms. The Morgan fingerprint density at radius 2 is 2.10 bits per heavy atom. The molecule has 1 rings (SSSR count). The molecule has 54 valence electrons. The summed E-state index contributed by atoms with van der Waals surface area (Å²) in [5, 5.41) is 0. The first-order valence-electron chi connectivity index (χ1n) is 3.67. The second-order valence-corrected chi connectivity index (χ2v) is 2.30. The third kappa shape index (κ3) is 2.20. The van der Waals surface area contributed by atoms with Gasteiger partial charge in [0.1, 0.15) is 0 Å². The van der Waals surface area contributed by atoms with E-state index in [1.54, 1.807) is 0 Å². The van der Waals surface area contributed by atoms with Crippen LogP contribution < -0.4 is 0 Å². The van der Waals surface area contributed by atoms with Crippen molar-refractivity contribution in [3.63, 3.8) is 0 Å². The molecule has 0 unspecified atom stereocenters. The van der Waals surface area contributed by atoms with Gasteiger partial charge in [0.05, 0.1) is 0 Å². The van der Waals surface area contributed by atoms with Gasteiger partial charge >= 0.3 is 0 Å². The molecule has 0 aromatic heterocycles. The Bertz CT molecular complexity index is 136. The van der Waals surface area contributed by atoms with Crippen molar-refractivity contribution in [2.24, 2.45) is 0 Å². The van der Waals surface area contributed by atoms with Gasteiger partial charge in [0.15, 0.2) is 0 Å². The van der Waals surface area contributed by atoms with Gasteiger partial charge in [-0.2, -0.15) is 11.6 Å². The molecule has 0 spiro atoms. The summed E-state index contributed by atoms with van der Waals surface area (Å²) in [5.74, 6) is 0. The van der Waals surface area contributed by atoms with Gasteiger partial charge in [-0.1, -0.05) is 26.7 Å². The fourth-order valence-electron chi connectivity index (χ4n) is 1.24. The molecule has 0 atom stereocenters. The Kier molecular flexibility index (Phi) is 5.26. The normalized spacial score (nSPS) is 15.8. The minimum absolute atomic E-state index is 0. The van der Waals surface area contributed by atoms with Crippen LogP contribution >= 0.6 is 0 Å². The molecule has 1 aliphatic rings. The summed E-state index contributed by atoms with van der Waals surface area (Å²) in [7, 11) is 0.